The SMILES string of the molecule is CN(C(=O)N[C@H](Cc1cn(C)cn1)C(=O)O)c1ccccc1. The van der Waals surface area contributed by atoms with Gasteiger partial charge in [-0.1, -0.05) is 18.2 Å². The maximum absolute atomic E-state index is 12.2. The predicted octanol–water partition coefficient (Wildman–Crippen LogP) is 1.26. The Kier molecular flexibility index (Phi) is 4.77. The summed E-state index contributed by atoms with van der Waals surface area (Å²) in [5.41, 5.74) is 1.29. The first-order valence-electron chi connectivity index (χ1n) is 6.76. The van der Waals surface area contributed by atoms with Crippen LogP contribution in [0, 0.1) is 0 Å². The van der Waals surface area contributed by atoms with Crippen LogP contribution in [-0.2, 0) is 18.3 Å². The summed E-state index contributed by atoms with van der Waals surface area (Å²) in [4.78, 5) is 29.0. The molecule has 2 rings (SSSR count). The molecule has 1 aromatic carbocycles. The lowest BCUT2D eigenvalue weighted by Crippen LogP contribution is -2.47. The highest BCUT2D eigenvalue weighted by molar-refractivity contribution is 5.94. The monoisotopic (exact) mass is 302 g/mol. The van der Waals surface area contributed by atoms with Gasteiger partial charge in [-0.2, -0.15) is 0 Å². The number of imidazole rings is 1. The van der Waals surface area contributed by atoms with Crippen molar-refractivity contribution >= 4 is 17.7 Å². The number of nitrogens with one attached hydrogen (secondary N) is 1. The van der Waals surface area contributed by atoms with Crippen LogP contribution in [0.2, 0.25) is 0 Å². The van der Waals surface area contributed by atoms with Gasteiger partial charge in [0.25, 0.3) is 0 Å². The number of hydrogen-bond acceptors (Lipinski definition) is 3. The van der Waals surface area contributed by atoms with E-state index in [1.165, 1.54) is 4.90 Å². The van der Waals surface area contributed by atoms with Gasteiger partial charge >= 0.3 is 12.0 Å². The number of amides is 2. The second-order valence-electron chi connectivity index (χ2n) is 4.97. The van der Waals surface area contributed by atoms with E-state index in [9.17, 15) is 14.7 Å². The number of anilines is 1. The predicted molar refractivity (Wildman–Crippen MR) is 81.7 cm³/mol. The Morgan fingerprint density at radius 3 is 2.59 bits per heavy atom. The Morgan fingerprint density at radius 1 is 1.36 bits per heavy atom. The molecule has 116 valence electrons. The molecule has 1 atom stereocenters. The number of aromatic nitrogens is 2. The maximum Gasteiger partial charge on any atom is 0.326 e. The zero-order valence-electron chi connectivity index (χ0n) is 12.4. The number of para-hydroxylation sites is 1. The molecular weight excluding hydrogens is 284 g/mol. The Hall–Kier alpha value is -2.83. The van der Waals surface area contributed by atoms with Gasteiger partial charge in [-0.15, -0.1) is 0 Å². The van der Waals surface area contributed by atoms with Gasteiger partial charge in [0, 0.05) is 32.4 Å². The molecule has 0 aliphatic rings. The van der Waals surface area contributed by atoms with Gasteiger partial charge < -0.3 is 15.0 Å². The standard InChI is InChI=1S/C15H18N4O3/c1-18-9-11(16-10-18)8-13(14(20)21)17-15(22)19(2)12-6-4-3-5-7-12/h3-7,9-10,13H,8H2,1-2H3,(H,17,22)(H,20,21)/t13-/m1/s1. The molecule has 1 heterocycles. The van der Waals surface area contributed by atoms with Crippen LogP contribution in [0.25, 0.3) is 0 Å². The Balaban J connectivity index is 2.04. The highest BCUT2D eigenvalue weighted by Gasteiger charge is 2.23. The van der Waals surface area contributed by atoms with Gasteiger partial charge in [0.15, 0.2) is 0 Å². The molecule has 7 heteroatoms. The third-order valence-electron chi connectivity index (χ3n) is 3.22. The summed E-state index contributed by atoms with van der Waals surface area (Å²) in [5, 5.41) is 11.8. The van der Waals surface area contributed by atoms with Crippen LogP contribution in [0.4, 0.5) is 10.5 Å². The molecule has 0 fully saturated rings. The fourth-order valence-corrected chi connectivity index (χ4v) is 2.00. The Morgan fingerprint density at radius 2 is 2.05 bits per heavy atom. The quantitative estimate of drug-likeness (QED) is 0.870. The lowest BCUT2D eigenvalue weighted by atomic mass is 10.1. The minimum atomic E-state index is -1.10. The van der Waals surface area contributed by atoms with Crippen molar-refractivity contribution in [2.75, 3.05) is 11.9 Å². The smallest absolute Gasteiger partial charge is 0.326 e. The van der Waals surface area contributed by atoms with Crippen molar-refractivity contribution in [3.63, 3.8) is 0 Å². The number of urea groups is 1. The average molecular weight is 302 g/mol. The van der Waals surface area contributed by atoms with Crippen LogP contribution in [0.15, 0.2) is 42.9 Å². The van der Waals surface area contributed by atoms with Crippen LogP contribution in [0.3, 0.4) is 0 Å². The van der Waals surface area contributed by atoms with E-state index in [1.807, 2.05) is 18.2 Å². The Labute approximate surface area is 128 Å². The summed E-state index contributed by atoms with van der Waals surface area (Å²) < 4.78 is 1.73. The molecule has 0 aliphatic carbocycles. The highest BCUT2D eigenvalue weighted by atomic mass is 16.4. The Bertz CT molecular complexity index is 654. The van der Waals surface area contributed by atoms with Crippen LogP contribution in [-0.4, -0.2) is 39.7 Å². The van der Waals surface area contributed by atoms with E-state index in [4.69, 9.17) is 0 Å². The van der Waals surface area contributed by atoms with Gasteiger partial charge in [-0.25, -0.2) is 14.6 Å². The lowest BCUT2D eigenvalue weighted by Gasteiger charge is -2.21. The molecular formula is C15H18N4O3. The second kappa shape index (κ2) is 6.75. The van der Waals surface area contributed by atoms with Crippen molar-refractivity contribution in [1.29, 1.82) is 0 Å². The minimum absolute atomic E-state index is 0.130. The summed E-state index contributed by atoms with van der Waals surface area (Å²) >= 11 is 0. The zero-order valence-corrected chi connectivity index (χ0v) is 12.4. The van der Waals surface area contributed by atoms with Gasteiger partial charge in [-0.05, 0) is 12.1 Å². The molecule has 0 aliphatic heterocycles. The van der Waals surface area contributed by atoms with Crippen LogP contribution >= 0.6 is 0 Å². The molecule has 7 nitrogen and oxygen atoms in total. The maximum atomic E-state index is 12.2. The van der Waals surface area contributed by atoms with E-state index in [0.29, 0.717) is 11.4 Å². The number of benzene rings is 1. The largest absolute Gasteiger partial charge is 0.480 e. The zero-order chi connectivity index (χ0) is 16.1. The van der Waals surface area contributed by atoms with Gasteiger partial charge in [0.2, 0.25) is 0 Å². The summed E-state index contributed by atoms with van der Waals surface area (Å²) in [7, 11) is 3.39. The first-order valence-corrected chi connectivity index (χ1v) is 6.76. The third kappa shape index (κ3) is 3.85. The normalized spacial score (nSPS) is 11.7. The fraction of sp³-hybridized carbons (Fsp3) is 0.267. The van der Waals surface area contributed by atoms with Crippen molar-refractivity contribution in [2.24, 2.45) is 7.05 Å². The van der Waals surface area contributed by atoms with E-state index in [1.54, 1.807) is 43.3 Å². The highest BCUT2D eigenvalue weighted by Crippen LogP contribution is 2.11. The number of aliphatic carboxylic acids is 1. The topological polar surface area (TPSA) is 87.5 Å². The minimum Gasteiger partial charge on any atom is -0.480 e. The number of hydrogen-bond donors (Lipinski definition) is 2. The molecule has 2 amide bonds. The van der Waals surface area contributed by atoms with Gasteiger partial charge in [-0.3, -0.25) is 4.90 Å². The number of carboxylic acids is 1. The summed E-state index contributed by atoms with van der Waals surface area (Å²) in [6, 6.07) is 7.49. The van der Waals surface area contributed by atoms with Gasteiger partial charge in [0.1, 0.15) is 6.04 Å². The van der Waals surface area contributed by atoms with E-state index in [2.05, 4.69) is 10.3 Å². The van der Waals surface area contributed by atoms with Gasteiger partial charge in [0.05, 0.1) is 12.0 Å². The number of rotatable bonds is 5. The number of nitrogens with zero attached hydrogens (tertiary/aromatic N) is 3. The van der Waals surface area contributed by atoms with Crippen molar-refractivity contribution in [1.82, 2.24) is 14.9 Å². The van der Waals surface area contributed by atoms with Crippen molar-refractivity contribution in [3.05, 3.63) is 48.5 Å². The first kappa shape index (κ1) is 15.6. The molecule has 0 spiro atoms. The van der Waals surface area contributed by atoms with E-state index in [-0.39, 0.29) is 6.42 Å². The molecule has 1 aromatic heterocycles. The van der Waals surface area contributed by atoms with Crippen LogP contribution < -0.4 is 10.2 Å². The fourth-order valence-electron chi connectivity index (χ4n) is 2.00. The lowest BCUT2D eigenvalue weighted by molar-refractivity contribution is -0.139. The summed E-state index contributed by atoms with van der Waals surface area (Å²) in [5.74, 6) is -1.10. The number of aryl methyl sites for hydroxylation is 1. The molecule has 0 bridgehead atoms. The van der Waals surface area contributed by atoms with E-state index >= 15 is 0 Å². The first-order chi connectivity index (χ1) is 10.5. The number of carboxylic acid groups (broad SMARTS) is 1. The molecule has 2 N–H and O–H groups in total. The van der Waals surface area contributed by atoms with Crippen LogP contribution in [0.5, 0.6) is 0 Å². The molecule has 22 heavy (non-hydrogen) atoms. The third-order valence-corrected chi connectivity index (χ3v) is 3.22. The van der Waals surface area contributed by atoms with Crippen molar-refractivity contribution < 1.29 is 14.7 Å². The van der Waals surface area contributed by atoms with E-state index < -0.39 is 18.0 Å². The molecule has 0 radical (unpaired) electrons. The number of carbonyl (C=O) groups is 2. The van der Waals surface area contributed by atoms with E-state index in [0.717, 1.165) is 0 Å². The number of carbonyl (C=O) groups excluding carboxylic acids is 1. The van der Waals surface area contributed by atoms with Crippen molar-refractivity contribution in [2.45, 2.75) is 12.5 Å². The second-order valence-corrected chi connectivity index (χ2v) is 4.97. The molecule has 0 saturated carbocycles. The molecule has 0 unspecified atom stereocenters. The average Bonchev–Trinajstić information content (AvgIpc) is 2.91. The van der Waals surface area contributed by atoms with Crippen molar-refractivity contribution in [3.8, 4) is 0 Å². The summed E-state index contributed by atoms with van der Waals surface area (Å²) in [6.07, 6.45) is 3.44. The molecule has 2 aromatic rings. The summed E-state index contributed by atoms with van der Waals surface area (Å²) in [6.45, 7) is 0. The molecule has 0 saturated heterocycles. The van der Waals surface area contributed by atoms with Crippen LogP contribution in [0.1, 0.15) is 5.69 Å².